The Morgan fingerprint density at radius 2 is 1.95 bits per heavy atom. The van der Waals surface area contributed by atoms with Crippen molar-refractivity contribution in [1.82, 2.24) is 15.5 Å². The molecule has 22 heavy (non-hydrogen) atoms. The number of amides is 1. The first-order valence-electron chi connectivity index (χ1n) is 6.85. The Labute approximate surface area is 138 Å². The van der Waals surface area contributed by atoms with Gasteiger partial charge in [-0.25, -0.2) is 0 Å². The van der Waals surface area contributed by atoms with E-state index in [1.54, 1.807) is 23.1 Å². The highest BCUT2D eigenvalue weighted by Crippen LogP contribution is 2.26. The normalized spacial score (nSPS) is 10.5. The van der Waals surface area contributed by atoms with Crippen LogP contribution in [0.3, 0.4) is 0 Å². The summed E-state index contributed by atoms with van der Waals surface area (Å²) in [5.74, 6) is 0.267. The molecule has 2 aromatic rings. The van der Waals surface area contributed by atoms with Crippen LogP contribution in [0.15, 0.2) is 22.7 Å². The Morgan fingerprint density at radius 3 is 2.55 bits per heavy atom. The van der Waals surface area contributed by atoms with Crippen molar-refractivity contribution in [2.24, 2.45) is 0 Å². The van der Waals surface area contributed by atoms with Crippen LogP contribution >= 0.6 is 23.2 Å². The third kappa shape index (κ3) is 4.11. The fraction of sp³-hybridized carbons (Fsp3) is 0.357. The summed E-state index contributed by atoms with van der Waals surface area (Å²) in [6.45, 7) is 5.06. The number of carbonyl (C=O) groups excluding carboxylic acids is 1. The summed E-state index contributed by atoms with van der Waals surface area (Å²) in [6.07, 6.45) is 0. The first-order chi connectivity index (χ1) is 10.5. The van der Waals surface area contributed by atoms with Crippen LogP contribution in [-0.4, -0.2) is 35.7 Å². The molecule has 118 valence electrons. The first-order valence-corrected chi connectivity index (χ1v) is 7.60. The molecule has 0 radical (unpaired) electrons. The molecule has 0 spiro atoms. The minimum Gasteiger partial charge on any atom is -0.355 e. The van der Waals surface area contributed by atoms with E-state index in [1.165, 1.54) is 0 Å². The molecule has 1 N–H and O–H groups in total. The molecule has 2 rings (SSSR count). The lowest BCUT2D eigenvalue weighted by atomic mass is 10.2. The SMILES string of the molecule is CCNC(=O)CN(CC)c1nc(-c2cc(Cl)cc(Cl)c2)no1. The number of benzene rings is 1. The van der Waals surface area contributed by atoms with E-state index in [1.807, 2.05) is 13.8 Å². The Kier molecular flexibility index (Phi) is 5.63. The zero-order chi connectivity index (χ0) is 16.1. The van der Waals surface area contributed by atoms with Gasteiger partial charge in [-0.2, -0.15) is 4.98 Å². The topological polar surface area (TPSA) is 71.3 Å². The summed E-state index contributed by atoms with van der Waals surface area (Å²) in [7, 11) is 0. The standard InChI is InChI=1S/C14H16Cl2N4O2/c1-3-17-12(21)8-20(4-2)14-18-13(19-22-14)9-5-10(15)7-11(16)6-9/h5-7H,3-4,8H2,1-2H3,(H,17,21). The third-order valence-corrected chi connectivity index (χ3v) is 3.33. The van der Waals surface area contributed by atoms with Crippen LogP contribution in [0.5, 0.6) is 0 Å². The van der Waals surface area contributed by atoms with Gasteiger partial charge in [0.1, 0.15) is 6.54 Å². The maximum Gasteiger partial charge on any atom is 0.324 e. The van der Waals surface area contributed by atoms with Crippen LogP contribution in [0.4, 0.5) is 6.01 Å². The summed E-state index contributed by atoms with van der Waals surface area (Å²) in [5.41, 5.74) is 0.654. The van der Waals surface area contributed by atoms with E-state index in [-0.39, 0.29) is 18.5 Å². The molecule has 0 saturated carbocycles. The van der Waals surface area contributed by atoms with Crippen molar-refractivity contribution in [3.05, 3.63) is 28.2 Å². The number of hydrogen-bond donors (Lipinski definition) is 1. The second kappa shape index (κ2) is 7.47. The van der Waals surface area contributed by atoms with Gasteiger partial charge in [-0.1, -0.05) is 28.4 Å². The molecule has 1 heterocycles. The Morgan fingerprint density at radius 1 is 1.27 bits per heavy atom. The van der Waals surface area contributed by atoms with Crippen molar-refractivity contribution < 1.29 is 9.32 Å². The largest absolute Gasteiger partial charge is 0.355 e. The summed E-state index contributed by atoms with van der Waals surface area (Å²) < 4.78 is 5.23. The fourth-order valence-electron chi connectivity index (χ4n) is 1.89. The molecule has 0 saturated heterocycles. The highest BCUT2D eigenvalue weighted by Gasteiger charge is 2.17. The monoisotopic (exact) mass is 342 g/mol. The van der Waals surface area contributed by atoms with Gasteiger partial charge in [0.25, 0.3) is 0 Å². The molecule has 8 heteroatoms. The molecule has 0 aliphatic heterocycles. The fourth-order valence-corrected chi connectivity index (χ4v) is 2.41. The van der Waals surface area contributed by atoms with Crippen LogP contribution < -0.4 is 10.2 Å². The van der Waals surface area contributed by atoms with E-state index in [9.17, 15) is 4.79 Å². The van der Waals surface area contributed by atoms with Crippen molar-refractivity contribution >= 4 is 35.1 Å². The number of likely N-dealkylation sites (N-methyl/N-ethyl adjacent to an activating group) is 2. The van der Waals surface area contributed by atoms with Crippen LogP contribution in [0.25, 0.3) is 11.4 Å². The van der Waals surface area contributed by atoms with E-state index in [0.717, 1.165) is 0 Å². The van der Waals surface area contributed by atoms with Crippen LogP contribution in [0.1, 0.15) is 13.8 Å². The summed E-state index contributed by atoms with van der Waals surface area (Å²) in [6, 6.07) is 5.30. The van der Waals surface area contributed by atoms with Gasteiger partial charge in [-0.05, 0) is 32.0 Å². The Balaban J connectivity index is 2.20. The van der Waals surface area contributed by atoms with Crippen molar-refractivity contribution in [2.75, 3.05) is 24.5 Å². The molecule has 0 aliphatic rings. The predicted octanol–water partition coefficient (Wildman–Crippen LogP) is 3.01. The Bertz CT molecular complexity index is 640. The van der Waals surface area contributed by atoms with Gasteiger partial charge in [0.2, 0.25) is 11.7 Å². The van der Waals surface area contributed by atoms with E-state index < -0.39 is 0 Å². The number of nitrogens with zero attached hydrogens (tertiary/aromatic N) is 3. The third-order valence-electron chi connectivity index (χ3n) is 2.90. The van der Waals surface area contributed by atoms with Gasteiger partial charge in [-0.3, -0.25) is 4.79 Å². The van der Waals surface area contributed by atoms with Gasteiger partial charge in [0, 0.05) is 28.7 Å². The van der Waals surface area contributed by atoms with E-state index in [2.05, 4.69) is 15.5 Å². The number of anilines is 1. The van der Waals surface area contributed by atoms with E-state index in [0.29, 0.717) is 34.5 Å². The maximum atomic E-state index is 11.7. The Hall–Kier alpha value is -1.79. The molecule has 1 amide bonds. The van der Waals surface area contributed by atoms with Crippen molar-refractivity contribution in [3.63, 3.8) is 0 Å². The lowest BCUT2D eigenvalue weighted by Gasteiger charge is -2.16. The summed E-state index contributed by atoms with van der Waals surface area (Å²) in [4.78, 5) is 17.7. The number of aromatic nitrogens is 2. The first kappa shape index (κ1) is 16.6. The second-order valence-electron chi connectivity index (χ2n) is 4.53. The van der Waals surface area contributed by atoms with Gasteiger partial charge < -0.3 is 14.7 Å². The molecular formula is C14H16Cl2N4O2. The molecule has 1 aromatic heterocycles. The van der Waals surface area contributed by atoms with Gasteiger partial charge in [-0.15, -0.1) is 0 Å². The van der Waals surface area contributed by atoms with Crippen LogP contribution in [0.2, 0.25) is 10.0 Å². The average molecular weight is 343 g/mol. The molecule has 0 unspecified atom stereocenters. The lowest BCUT2D eigenvalue weighted by Crippen LogP contribution is -2.37. The van der Waals surface area contributed by atoms with Gasteiger partial charge >= 0.3 is 6.01 Å². The molecule has 0 bridgehead atoms. The molecular weight excluding hydrogens is 327 g/mol. The number of nitrogens with one attached hydrogen (secondary N) is 1. The molecule has 6 nitrogen and oxygen atoms in total. The highest BCUT2D eigenvalue weighted by atomic mass is 35.5. The molecule has 0 fully saturated rings. The maximum absolute atomic E-state index is 11.7. The summed E-state index contributed by atoms with van der Waals surface area (Å²) in [5, 5.41) is 7.62. The predicted molar refractivity (Wildman–Crippen MR) is 86.3 cm³/mol. The summed E-state index contributed by atoms with van der Waals surface area (Å²) >= 11 is 11.9. The van der Waals surface area contributed by atoms with Gasteiger partial charge in [0.15, 0.2) is 0 Å². The second-order valence-corrected chi connectivity index (χ2v) is 5.40. The van der Waals surface area contributed by atoms with E-state index in [4.69, 9.17) is 27.7 Å². The highest BCUT2D eigenvalue weighted by molar-refractivity contribution is 6.35. The number of carbonyl (C=O) groups is 1. The lowest BCUT2D eigenvalue weighted by molar-refractivity contribution is -0.119. The average Bonchev–Trinajstić information content (AvgIpc) is 2.93. The number of hydrogen-bond acceptors (Lipinski definition) is 5. The van der Waals surface area contributed by atoms with Crippen molar-refractivity contribution in [1.29, 1.82) is 0 Å². The van der Waals surface area contributed by atoms with Gasteiger partial charge in [0.05, 0.1) is 0 Å². The molecule has 0 atom stereocenters. The molecule has 1 aromatic carbocycles. The van der Waals surface area contributed by atoms with E-state index >= 15 is 0 Å². The molecule has 0 aliphatic carbocycles. The number of halogens is 2. The van der Waals surface area contributed by atoms with Crippen LogP contribution in [0, 0.1) is 0 Å². The smallest absolute Gasteiger partial charge is 0.324 e. The van der Waals surface area contributed by atoms with Crippen molar-refractivity contribution in [2.45, 2.75) is 13.8 Å². The zero-order valence-corrected chi connectivity index (χ0v) is 13.8. The quantitative estimate of drug-likeness (QED) is 0.873. The zero-order valence-electron chi connectivity index (χ0n) is 12.3. The van der Waals surface area contributed by atoms with Crippen molar-refractivity contribution in [3.8, 4) is 11.4 Å². The van der Waals surface area contributed by atoms with Crippen LogP contribution in [-0.2, 0) is 4.79 Å². The minimum atomic E-state index is -0.102. The minimum absolute atomic E-state index is 0.102. The number of rotatable bonds is 6.